The molecule has 0 amide bonds. The molecule has 0 atom stereocenters. The maximum atomic E-state index is 5.44. The highest BCUT2D eigenvalue weighted by Crippen LogP contribution is 2.30. The van der Waals surface area contributed by atoms with Gasteiger partial charge in [0.15, 0.2) is 0 Å². The van der Waals surface area contributed by atoms with Crippen LogP contribution in [0.2, 0.25) is 0 Å². The fourth-order valence-electron chi connectivity index (χ4n) is 2.78. The van der Waals surface area contributed by atoms with Crippen molar-refractivity contribution in [2.45, 2.75) is 33.7 Å². The maximum absolute atomic E-state index is 5.44. The monoisotopic (exact) mass is 339 g/mol. The number of benzene rings is 1. The summed E-state index contributed by atoms with van der Waals surface area (Å²) in [5.74, 6) is 1.09. The van der Waals surface area contributed by atoms with Crippen LogP contribution >= 0.6 is 11.3 Å². The number of hydrogen-bond acceptors (Lipinski definition) is 6. The van der Waals surface area contributed by atoms with Crippen LogP contribution in [0.15, 0.2) is 29.0 Å². The van der Waals surface area contributed by atoms with E-state index in [1.165, 1.54) is 0 Å². The van der Waals surface area contributed by atoms with Gasteiger partial charge in [0.25, 0.3) is 5.89 Å². The van der Waals surface area contributed by atoms with Gasteiger partial charge in [0.1, 0.15) is 4.88 Å². The van der Waals surface area contributed by atoms with Gasteiger partial charge in [-0.2, -0.15) is 4.98 Å². The molecular formula is C17H17N5OS. The molecular weight excluding hydrogens is 322 g/mol. The smallest absolute Gasteiger partial charge is 0.270 e. The Bertz CT molecular complexity index is 1010. The van der Waals surface area contributed by atoms with E-state index < -0.39 is 0 Å². The Morgan fingerprint density at radius 1 is 1.21 bits per heavy atom. The third-order valence-electron chi connectivity index (χ3n) is 3.87. The zero-order valence-electron chi connectivity index (χ0n) is 13.8. The number of aromatic nitrogens is 5. The lowest BCUT2D eigenvalue weighted by molar-refractivity contribution is 0.433. The van der Waals surface area contributed by atoms with E-state index in [4.69, 9.17) is 4.52 Å². The molecule has 3 aromatic heterocycles. The number of rotatable bonds is 4. The number of aryl methyl sites for hydroxylation is 3. The average molecular weight is 339 g/mol. The molecule has 0 N–H and O–H groups in total. The molecule has 3 heterocycles. The summed E-state index contributed by atoms with van der Waals surface area (Å²) in [6, 6.07) is 6.07. The van der Waals surface area contributed by atoms with Crippen molar-refractivity contribution in [3.63, 3.8) is 0 Å². The fraction of sp³-hybridized carbons (Fsp3) is 0.294. The first-order chi connectivity index (χ1) is 11.7. The van der Waals surface area contributed by atoms with Crippen molar-refractivity contribution >= 4 is 22.4 Å². The summed E-state index contributed by atoms with van der Waals surface area (Å²) < 4.78 is 7.60. The second-order valence-corrected chi connectivity index (χ2v) is 6.92. The van der Waals surface area contributed by atoms with Gasteiger partial charge >= 0.3 is 0 Å². The minimum atomic E-state index is 0.518. The summed E-state index contributed by atoms with van der Waals surface area (Å²) in [6.07, 6.45) is 2.96. The van der Waals surface area contributed by atoms with E-state index in [0.717, 1.165) is 45.1 Å². The van der Waals surface area contributed by atoms with Crippen molar-refractivity contribution in [1.29, 1.82) is 0 Å². The van der Waals surface area contributed by atoms with E-state index in [1.807, 2.05) is 32.3 Å². The topological polar surface area (TPSA) is 69.6 Å². The van der Waals surface area contributed by atoms with Crippen LogP contribution in [0.25, 0.3) is 33.2 Å². The van der Waals surface area contributed by atoms with Crippen LogP contribution in [0.3, 0.4) is 0 Å². The highest BCUT2D eigenvalue weighted by atomic mass is 32.1. The van der Waals surface area contributed by atoms with Crippen LogP contribution in [0.1, 0.15) is 24.0 Å². The third-order valence-corrected chi connectivity index (χ3v) is 4.93. The molecule has 0 saturated carbocycles. The maximum Gasteiger partial charge on any atom is 0.270 e. The molecule has 0 unspecified atom stereocenters. The van der Waals surface area contributed by atoms with Crippen LogP contribution < -0.4 is 0 Å². The van der Waals surface area contributed by atoms with Crippen LogP contribution in [-0.4, -0.2) is 24.7 Å². The van der Waals surface area contributed by atoms with E-state index in [0.29, 0.717) is 11.7 Å². The normalized spacial score (nSPS) is 11.5. The summed E-state index contributed by atoms with van der Waals surface area (Å²) in [5.41, 5.74) is 3.88. The molecule has 0 aliphatic rings. The molecule has 4 rings (SSSR count). The Morgan fingerprint density at radius 3 is 2.83 bits per heavy atom. The van der Waals surface area contributed by atoms with Crippen molar-refractivity contribution in [3.8, 4) is 22.2 Å². The summed E-state index contributed by atoms with van der Waals surface area (Å²) >= 11 is 1.56. The number of fused-ring (bicyclic) bond motifs is 1. The predicted octanol–water partition coefficient (Wildman–Crippen LogP) is 4.24. The van der Waals surface area contributed by atoms with Gasteiger partial charge in [-0.15, -0.1) is 11.3 Å². The minimum Gasteiger partial charge on any atom is -0.333 e. The zero-order chi connectivity index (χ0) is 16.7. The molecule has 0 aliphatic heterocycles. The average Bonchev–Trinajstić information content (AvgIpc) is 3.26. The zero-order valence-corrected chi connectivity index (χ0v) is 14.6. The quantitative estimate of drug-likeness (QED) is 0.556. The van der Waals surface area contributed by atoms with Gasteiger partial charge in [-0.25, -0.2) is 9.97 Å². The Balaban J connectivity index is 1.71. The molecule has 0 saturated heterocycles. The second-order valence-electron chi connectivity index (χ2n) is 5.71. The van der Waals surface area contributed by atoms with E-state index in [-0.39, 0.29) is 0 Å². The SMILES string of the molecule is CCCn1cnc2cc(-c3noc(-c4sc(C)nc4C)n3)ccc21. The molecule has 122 valence electrons. The number of nitrogens with zero attached hydrogens (tertiary/aromatic N) is 5. The largest absolute Gasteiger partial charge is 0.333 e. The number of imidazole rings is 1. The third kappa shape index (κ3) is 2.50. The van der Waals surface area contributed by atoms with Crippen molar-refractivity contribution in [2.24, 2.45) is 0 Å². The minimum absolute atomic E-state index is 0.518. The first-order valence-electron chi connectivity index (χ1n) is 7.89. The molecule has 0 aliphatic carbocycles. The number of hydrogen-bond donors (Lipinski definition) is 0. The van der Waals surface area contributed by atoms with Gasteiger partial charge in [0.05, 0.1) is 28.1 Å². The van der Waals surface area contributed by atoms with Gasteiger partial charge in [0.2, 0.25) is 5.82 Å². The molecule has 24 heavy (non-hydrogen) atoms. The van der Waals surface area contributed by atoms with E-state index in [9.17, 15) is 0 Å². The molecule has 0 fully saturated rings. The van der Waals surface area contributed by atoms with Crippen molar-refractivity contribution in [1.82, 2.24) is 24.7 Å². The summed E-state index contributed by atoms with van der Waals surface area (Å²) in [5, 5.41) is 5.11. The Morgan fingerprint density at radius 2 is 2.08 bits per heavy atom. The van der Waals surface area contributed by atoms with Gasteiger partial charge in [-0.3, -0.25) is 0 Å². The molecule has 4 aromatic rings. The standard InChI is InChI=1S/C17H17N5OS/c1-4-7-22-9-18-13-8-12(5-6-14(13)22)16-20-17(23-21-16)15-10(2)19-11(3)24-15/h5-6,8-9H,4,7H2,1-3H3. The van der Waals surface area contributed by atoms with Crippen molar-refractivity contribution in [3.05, 3.63) is 35.2 Å². The molecule has 0 radical (unpaired) electrons. The molecule has 0 spiro atoms. The Labute approximate surface area is 143 Å². The van der Waals surface area contributed by atoms with Crippen LogP contribution in [0.4, 0.5) is 0 Å². The van der Waals surface area contributed by atoms with Crippen LogP contribution in [0, 0.1) is 13.8 Å². The lowest BCUT2D eigenvalue weighted by atomic mass is 10.2. The lowest BCUT2D eigenvalue weighted by Gasteiger charge is -2.01. The van der Waals surface area contributed by atoms with Crippen molar-refractivity contribution < 1.29 is 4.52 Å². The van der Waals surface area contributed by atoms with Crippen LogP contribution in [0.5, 0.6) is 0 Å². The summed E-state index contributed by atoms with van der Waals surface area (Å²) in [7, 11) is 0. The summed E-state index contributed by atoms with van der Waals surface area (Å²) in [4.78, 5) is 14.3. The van der Waals surface area contributed by atoms with Gasteiger partial charge in [-0.05, 0) is 38.5 Å². The summed E-state index contributed by atoms with van der Waals surface area (Å²) in [6.45, 7) is 7.05. The first-order valence-corrected chi connectivity index (χ1v) is 8.70. The fourth-order valence-corrected chi connectivity index (χ4v) is 3.63. The highest BCUT2D eigenvalue weighted by molar-refractivity contribution is 7.15. The first kappa shape index (κ1) is 15.0. The highest BCUT2D eigenvalue weighted by Gasteiger charge is 2.16. The van der Waals surface area contributed by atoms with Gasteiger partial charge in [-0.1, -0.05) is 12.1 Å². The molecule has 6 nitrogen and oxygen atoms in total. The van der Waals surface area contributed by atoms with E-state index >= 15 is 0 Å². The van der Waals surface area contributed by atoms with Crippen molar-refractivity contribution in [2.75, 3.05) is 0 Å². The Kier molecular flexibility index (Phi) is 3.65. The molecule has 1 aromatic carbocycles. The van der Waals surface area contributed by atoms with Crippen LogP contribution in [-0.2, 0) is 6.54 Å². The van der Waals surface area contributed by atoms with E-state index in [2.05, 4.69) is 37.7 Å². The van der Waals surface area contributed by atoms with E-state index in [1.54, 1.807) is 11.3 Å². The van der Waals surface area contributed by atoms with Gasteiger partial charge < -0.3 is 9.09 Å². The predicted molar refractivity (Wildman–Crippen MR) is 93.9 cm³/mol. The molecule has 0 bridgehead atoms. The molecule has 7 heteroatoms. The van der Waals surface area contributed by atoms with Gasteiger partial charge in [0, 0.05) is 12.1 Å². The number of thiazole rings is 1. The Hall–Kier alpha value is -2.54. The lowest BCUT2D eigenvalue weighted by Crippen LogP contribution is -1.93. The second kappa shape index (κ2) is 5.83.